The number of aromatic nitrogens is 2. The van der Waals surface area contributed by atoms with Crippen LogP contribution >= 0.6 is 11.6 Å². The maximum absolute atomic E-state index is 14.6. The minimum absolute atomic E-state index is 0.0191. The number of piperidine rings is 1. The number of nitrogens with zero attached hydrogens (tertiary/aromatic N) is 4. The molecule has 3 aliphatic heterocycles. The summed E-state index contributed by atoms with van der Waals surface area (Å²) in [5.74, 6) is -0.783. The highest BCUT2D eigenvalue weighted by Gasteiger charge is 2.45. The first-order valence-corrected chi connectivity index (χ1v) is 23.4. The van der Waals surface area contributed by atoms with Crippen molar-refractivity contribution in [3.05, 3.63) is 91.2 Å². The fourth-order valence-corrected chi connectivity index (χ4v) is 9.47. The lowest BCUT2D eigenvalue weighted by molar-refractivity contribution is -0.150. The fourth-order valence-electron chi connectivity index (χ4n) is 9.31. The number of fused-ring (bicyclic) bond motifs is 5. The highest BCUT2D eigenvalue weighted by molar-refractivity contribution is 6.32. The van der Waals surface area contributed by atoms with Crippen molar-refractivity contribution in [3.8, 4) is 11.4 Å². The van der Waals surface area contributed by atoms with Crippen molar-refractivity contribution in [3.63, 3.8) is 0 Å². The van der Waals surface area contributed by atoms with Crippen LogP contribution in [0.25, 0.3) is 22.3 Å². The van der Waals surface area contributed by atoms with Crippen LogP contribution in [0.3, 0.4) is 0 Å². The Bertz CT molecular complexity index is 2620. The molecule has 358 valence electrons. The lowest BCUT2D eigenvalue weighted by atomic mass is 9.85. The second-order valence-electron chi connectivity index (χ2n) is 18.3. The molecule has 17 nitrogen and oxygen atoms in total. The number of cyclic esters (lactones) is 1. The van der Waals surface area contributed by atoms with E-state index in [4.69, 9.17) is 42.3 Å². The number of benzene rings is 2. The number of likely N-dealkylation sites (N-methyl/N-ethyl adjacent to an activating group) is 1. The Kier molecular flexibility index (Phi) is 15.2. The van der Waals surface area contributed by atoms with Gasteiger partial charge in [0.25, 0.3) is 5.56 Å². The van der Waals surface area contributed by atoms with E-state index < -0.39 is 35.7 Å². The molecule has 5 heterocycles. The standard InChI is InChI=1S/C49H62ClN9O8/c1-7-49(67-48(64)66-25-30-10-12-31(13-11-30)55-44(61)38(9-8-16-54-47(51)52)57-45(62)42(53-6)27(2)3)22-41(60)65-26-35-36(49)20-40-43-34(24-59(40)46(35)63)33(23-58-17-14-28(4)15-18-58)32-19-29(5)37(50)21-39(32)56-43/h10-13,19-21,27-28,38,42,53H,7-9,14-18,22-26H2,1-6H3,(H,55,61)(H,57,62)(H4,51,52,54)/t38-,42-,49+/m0/s1. The van der Waals surface area contributed by atoms with E-state index >= 15 is 0 Å². The Labute approximate surface area is 395 Å². The van der Waals surface area contributed by atoms with Crippen LogP contribution in [0.2, 0.25) is 5.02 Å². The third kappa shape index (κ3) is 10.9. The average Bonchev–Trinajstić information content (AvgIpc) is 3.59. The van der Waals surface area contributed by atoms with E-state index in [0.717, 1.165) is 53.5 Å². The summed E-state index contributed by atoms with van der Waals surface area (Å²) in [5, 5.41) is 10.3. The summed E-state index contributed by atoms with van der Waals surface area (Å²) >= 11 is 6.66. The van der Waals surface area contributed by atoms with Crippen molar-refractivity contribution in [2.75, 3.05) is 32.0 Å². The van der Waals surface area contributed by atoms with E-state index in [-0.39, 0.29) is 74.5 Å². The Morgan fingerprint density at radius 1 is 1.06 bits per heavy atom. The maximum Gasteiger partial charge on any atom is 0.509 e. The van der Waals surface area contributed by atoms with Gasteiger partial charge in [-0.3, -0.25) is 29.1 Å². The highest BCUT2D eigenvalue weighted by Crippen LogP contribution is 2.43. The maximum atomic E-state index is 14.6. The summed E-state index contributed by atoms with van der Waals surface area (Å²) in [6.45, 7) is 12.6. The van der Waals surface area contributed by atoms with Gasteiger partial charge in [-0.15, -0.1) is 0 Å². The number of ether oxygens (including phenoxy) is 3. The van der Waals surface area contributed by atoms with Crippen LogP contribution in [-0.4, -0.2) is 83.1 Å². The van der Waals surface area contributed by atoms with Gasteiger partial charge in [-0.25, -0.2) is 9.78 Å². The molecule has 18 heteroatoms. The number of hydrogen-bond acceptors (Lipinski definition) is 12. The van der Waals surface area contributed by atoms with Gasteiger partial charge < -0.3 is 46.2 Å². The van der Waals surface area contributed by atoms with Crippen LogP contribution in [0.4, 0.5) is 10.5 Å². The molecule has 3 atom stereocenters. The van der Waals surface area contributed by atoms with Crippen molar-refractivity contribution in [2.45, 2.75) is 117 Å². The van der Waals surface area contributed by atoms with Crippen molar-refractivity contribution >= 4 is 58.1 Å². The monoisotopic (exact) mass is 939 g/mol. The molecular formula is C49H62ClN9O8. The Balaban J connectivity index is 1.10. The average molecular weight is 941 g/mol. The van der Waals surface area contributed by atoms with E-state index in [1.807, 2.05) is 32.9 Å². The zero-order valence-corrected chi connectivity index (χ0v) is 39.9. The van der Waals surface area contributed by atoms with Gasteiger partial charge in [-0.05, 0) is 118 Å². The number of carbonyl (C=O) groups excluding carboxylic acids is 4. The molecule has 2 aromatic carbocycles. The number of esters is 1. The van der Waals surface area contributed by atoms with Crippen LogP contribution in [0.5, 0.6) is 0 Å². The topological polar surface area (TPSA) is 235 Å². The van der Waals surface area contributed by atoms with Crippen molar-refractivity contribution in [2.24, 2.45) is 28.3 Å². The fraction of sp³-hybridized carbons (Fsp3) is 0.490. The predicted octanol–water partition coefficient (Wildman–Crippen LogP) is 5.75. The number of carbonyl (C=O) groups is 4. The highest BCUT2D eigenvalue weighted by atomic mass is 35.5. The molecule has 0 saturated carbocycles. The number of hydrogen-bond donors (Lipinski definition) is 5. The number of likely N-dealkylation sites (tertiary alicyclic amines) is 1. The third-order valence-corrected chi connectivity index (χ3v) is 13.7. The molecule has 4 aromatic rings. The number of guanidine groups is 1. The predicted molar refractivity (Wildman–Crippen MR) is 256 cm³/mol. The zero-order valence-electron chi connectivity index (χ0n) is 39.1. The molecular weight excluding hydrogens is 878 g/mol. The lowest BCUT2D eigenvalue weighted by Crippen LogP contribution is -2.52. The molecule has 0 radical (unpaired) electrons. The van der Waals surface area contributed by atoms with Crippen molar-refractivity contribution in [1.29, 1.82) is 0 Å². The molecule has 67 heavy (non-hydrogen) atoms. The number of aliphatic imine (C=N–C) groups is 1. The lowest BCUT2D eigenvalue weighted by Gasteiger charge is -2.31. The number of rotatable bonds is 16. The van der Waals surface area contributed by atoms with Crippen LogP contribution < -0.4 is 33.0 Å². The SMILES string of the molecule is CC[C@@]1(OC(=O)OCc2ccc(NC(=O)[C@H](CCCN=C(N)N)NC(=O)[C@@H](NC)C(C)C)cc2)CC(=O)OCc2c1cc1n(c2=O)Cc2c-1nc1cc(Cl)c(C)cc1c2CN1CCC(C)CC1. The van der Waals surface area contributed by atoms with Gasteiger partial charge in [0.15, 0.2) is 11.6 Å². The molecule has 1 fully saturated rings. The molecule has 1 saturated heterocycles. The second kappa shape index (κ2) is 20.9. The van der Waals surface area contributed by atoms with Gasteiger partial charge >= 0.3 is 12.1 Å². The van der Waals surface area contributed by atoms with E-state index in [2.05, 4.69) is 38.8 Å². The number of pyridine rings is 2. The molecule has 7 rings (SSSR count). The molecule has 3 aliphatic rings. The van der Waals surface area contributed by atoms with Crippen LogP contribution in [0, 0.1) is 18.8 Å². The zero-order chi connectivity index (χ0) is 48.2. The summed E-state index contributed by atoms with van der Waals surface area (Å²) in [6.07, 6.45) is 1.70. The molecule has 2 aromatic heterocycles. The first-order chi connectivity index (χ1) is 32.0. The molecule has 2 amide bonds. The Hall–Kier alpha value is -6.04. The van der Waals surface area contributed by atoms with E-state index in [0.29, 0.717) is 52.1 Å². The minimum Gasteiger partial charge on any atom is -0.460 e. The van der Waals surface area contributed by atoms with Gasteiger partial charge in [0.05, 0.1) is 41.5 Å². The van der Waals surface area contributed by atoms with Crippen LogP contribution in [0.15, 0.2) is 52.3 Å². The normalized spacial score (nSPS) is 17.9. The number of anilines is 1. The summed E-state index contributed by atoms with van der Waals surface area (Å²) in [5.41, 5.74) is 15.5. The van der Waals surface area contributed by atoms with Gasteiger partial charge in [0.1, 0.15) is 19.3 Å². The number of nitrogens with two attached hydrogens (primary N) is 2. The smallest absolute Gasteiger partial charge is 0.460 e. The van der Waals surface area contributed by atoms with Gasteiger partial charge in [-0.2, -0.15) is 0 Å². The summed E-state index contributed by atoms with van der Waals surface area (Å²) in [4.78, 5) is 79.6. The molecule has 0 aliphatic carbocycles. The summed E-state index contributed by atoms with van der Waals surface area (Å²) < 4.78 is 19.0. The van der Waals surface area contributed by atoms with Gasteiger partial charge in [0.2, 0.25) is 11.8 Å². The molecule has 0 spiro atoms. The largest absolute Gasteiger partial charge is 0.509 e. The van der Waals surface area contributed by atoms with Crippen LogP contribution in [-0.2, 0) is 60.5 Å². The number of nitrogens with one attached hydrogen (secondary N) is 3. The Morgan fingerprint density at radius 3 is 2.46 bits per heavy atom. The van der Waals surface area contributed by atoms with E-state index in [1.54, 1.807) is 42.8 Å². The third-order valence-electron chi connectivity index (χ3n) is 13.3. The van der Waals surface area contributed by atoms with E-state index in [9.17, 15) is 24.0 Å². The molecule has 0 bridgehead atoms. The molecule has 7 N–H and O–H groups in total. The number of halogens is 1. The Morgan fingerprint density at radius 2 is 1.79 bits per heavy atom. The number of aryl methyl sites for hydroxylation is 1. The van der Waals surface area contributed by atoms with Crippen LogP contribution in [0.1, 0.15) is 99.6 Å². The van der Waals surface area contributed by atoms with Gasteiger partial charge in [0, 0.05) is 40.3 Å². The second-order valence-corrected chi connectivity index (χ2v) is 18.7. The van der Waals surface area contributed by atoms with Gasteiger partial charge in [-0.1, -0.05) is 51.4 Å². The number of amides is 2. The summed E-state index contributed by atoms with van der Waals surface area (Å²) in [7, 11) is 1.69. The quantitative estimate of drug-likeness (QED) is 0.0344. The van der Waals surface area contributed by atoms with Crippen molar-refractivity contribution < 1.29 is 33.4 Å². The molecule has 0 unspecified atom stereocenters. The van der Waals surface area contributed by atoms with E-state index in [1.165, 1.54) is 0 Å². The first kappa shape index (κ1) is 48.9. The minimum atomic E-state index is -1.59. The first-order valence-electron chi connectivity index (χ1n) is 23.1. The van der Waals surface area contributed by atoms with Crippen molar-refractivity contribution in [1.82, 2.24) is 25.1 Å². The summed E-state index contributed by atoms with van der Waals surface area (Å²) in [6, 6.07) is 11.0.